The molecule has 0 aliphatic carbocycles. The summed E-state index contributed by atoms with van der Waals surface area (Å²) in [6.07, 6.45) is 1.40. The number of benzene rings is 2. The highest BCUT2D eigenvalue weighted by Gasteiger charge is 2.14. The third-order valence-electron chi connectivity index (χ3n) is 4.40. The molecule has 0 radical (unpaired) electrons. The second kappa shape index (κ2) is 7.55. The van der Waals surface area contributed by atoms with E-state index in [0.29, 0.717) is 39.4 Å². The molecule has 1 N–H and O–H groups in total. The van der Waals surface area contributed by atoms with Gasteiger partial charge in [-0.25, -0.2) is 4.79 Å². The second-order valence-corrected chi connectivity index (χ2v) is 6.20. The average molecular weight is 392 g/mol. The van der Waals surface area contributed by atoms with Crippen molar-refractivity contribution >= 4 is 16.9 Å². The van der Waals surface area contributed by atoms with Gasteiger partial charge < -0.3 is 23.4 Å². The van der Waals surface area contributed by atoms with Crippen LogP contribution in [0.5, 0.6) is 11.5 Å². The predicted molar refractivity (Wildman–Crippen MR) is 104 cm³/mol. The van der Waals surface area contributed by atoms with Crippen LogP contribution in [0.15, 0.2) is 74.5 Å². The molecule has 0 aliphatic rings. The van der Waals surface area contributed by atoms with E-state index in [-0.39, 0.29) is 17.8 Å². The normalized spacial score (nSPS) is 10.8. The molecule has 0 amide bonds. The van der Waals surface area contributed by atoms with Crippen molar-refractivity contribution in [3.05, 3.63) is 82.6 Å². The number of carboxylic acid groups (broad SMARTS) is 1. The highest BCUT2D eigenvalue weighted by molar-refractivity contribution is 5.84. The van der Waals surface area contributed by atoms with Crippen LogP contribution in [-0.4, -0.2) is 18.2 Å². The molecule has 146 valence electrons. The SMILES string of the molecule is COc1ccccc1-c1coc2cc(OCc3ccc(C(=O)O)o3)ccc2c1=O. The minimum atomic E-state index is -1.14. The fourth-order valence-electron chi connectivity index (χ4n) is 2.98. The van der Waals surface area contributed by atoms with Gasteiger partial charge in [0.1, 0.15) is 35.7 Å². The zero-order chi connectivity index (χ0) is 20.4. The molecule has 0 saturated heterocycles. The van der Waals surface area contributed by atoms with Crippen molar-refractivity contribution in [2.24, 2.45) is 0 Å². The van der Waals surface area contributed by atoms with Crippen LogP contribution in [0.4, 0.5) is 0 Å². The summed E-state index contributed by atoms with van der Waals surface area (Å²) in [4.78, 5) is 23.8. The molecule has 0 unspecified atom stereocenters. The van der Waals surface area contributed by atoms with Gasteiger partial charge in [0.05, 0.1) is 18.1 Å². The van der Waals surface area contributed by atoms with Crippen LogP contribution in [-0.2, 0) is 6.61 Å². The zero-order valence-corrected chi connectivity index (χ0v) is 15.4. The minimum absolute atomic E-state index is 0.0440. The average Bonchev–Trinajstić information content (AvgIpc) is 3.22. The number of para-hydroxylation sites is 1. The Morgan fingerprint density at radius 3 is 2.66 bits per heavy atom. The molecule has 4 aromatic rings. The third-order valence-corrected chi connectivity index (χ3v) is 4.40. The molecule has 0 fully saturated rings. The van der Waals surface area contributed by atoms with Gasteiger partial charge in [0.25, 0.3) is 0 Å². The lowest BCUT2D eigenvalue weighted by Gasteiger charge is -2.09. The number of carboxylic acids is 1. The maximum atomic E-state index is 12.9. The van der Waals surface area contributed by atoms with Gasteiger partial charge in [-0.3, -0.25) is 4.79 Å². The molecule has 0 atom stereocenters. The highest BCUT2D eigenvalue weighted by Crippen LogP contribution is 2.29. The van der Waals surface area contributed by atoms with E-state index in [2.05, 4.69) is 0 Å². The van der Waals surface area contributed by atoms with E-state index in [1.54, 1.807) is 37.4 Å². The van der Waals surface area contributed by atoms with Crippen LogP contribution in [0.3, 0.4) is 0 Å². The number of methoxy groups -OCH3 is 1. The molecule has 29 heavy (non-hydrogen) atoms. The molecule has 2 aromatic carbocycles. The first-order valence-electron chi connectivity index (χ1n) is 8.70. The van der Waals surface area contributed by atoms with Gasteiger partial charge in [0, 0.05) is 11.6 Å². The Bertz CT molecular complexity index is 1250. The van der Waals surface area contributed by atoms with Crippen molar-refractivity contribution in [2.45, 2.75) is 6.61 Å². The smallest absolute Gasteiger partial charge is 0.371 e. The summed E-state index contributed by atoms with van der Waals surface area (Å²) in [6, 6.07) is 15.0. The number of hydrogen-bond acceptors (Lipinski definition) is 6. The van der Waals surface area contributed by atoms with E-state index < -0.39 is 5.97 Å². The summed E-state index contributed by atoms with van der Waals surface area (Å²) >= 11 is 0. The van der Waals surface area contributed by atoms with Crippen molar-refractivity contribution in [3.63, 3.8) is 0 Å². The summed E-state index contributed by atoms with van der Waals surface area (Å²) in [6.45, 7) is 0.0440. The van der Waals surface area contributed by atoms with Crippen molar-refractivity contribution in [2.75, 3.05) is 7.11 Å². The predicted octanol–water partition coefficient (Wildman–Crippen LogP) is 4.34. The minimum Gasteiger partial charge on any atom is -0.496 e. The molecule has 7 heteroatoms. The number of fused-ring (bicyclic) bond motifs is 1. The summed E-state index contributed by atoms with van der Waals surface area (Å²) in [7, 11) is 1.55. The maximum absolute atomic E-state index is 12.9. The number of rotatable bonds is 6. The number of aromatic carboxylic acids is 1. The Morgan fingerprint density at radius 1 is 1.07 bits per heavy atom. The molecule has 0 spiro atoms. The fourth-order valence-corrected chi connectivity index (χ4v) is 2.98. The topological polar surface area (TPSA) is 99.1 Å². The largest absolute Gasteiger partial charge is 0.496 e. The first kappa shape index (κ1) is 18.4. The van der Waals surface area contributed by atoms with Crippen LogP contribution in [0.25, 0.3) is 22.1 Å². The number of carbonyl (C=O) groups is 1. The Balaban J connectivity index is 1.62. The summed E-state index contributed by atoms with van der Waals surface area (Å²) in [5.74, 6) is 0.110. The van der Waals surface area contributed by atoms with Crippen molar-refractivity contribution in [1.82, 2.24) is 0 Å². The highest BCUT2D eigenvalue weighted by atomic mass is 16.5. The van der Waals surface area contributed by atoms with Crippen LogP contribution in [0.1, 0.15) is 16.3 Å². The molecular weight excluding hydrogens is 376 g/mol. The van der Waals surface area contributed by atoms with Gasteiger partial charge in [-0.15, -0.1) is 0 Å². The van der Waals surface area contributed by atoms with Gasteiger partial charge in [-0.1, -0.05) is 18.2 Å². The molecule has 7 nitrogen and oxygen atoms in total. The van der Waals surface area contributed by atoms with Gasteiger partial charge in [-0.2, -0.15) is 0 Å². The Hall–Kier alpha value is -4.00. The van der Waals surface area contributed by atoms with Crippen LogP contribution < -0.4 is 14.9 Å². The molecule has 2 heterocycles. The van der Waals surface area contributed by atoms with Gasteiger partial charge in [0.2, 0.25) is 11.2 Å². The number of hydrogen-bond donors (Lipinski definition) is 1. The van der Waals surface area contributed by atoms with Gasteiger partial charge in [0.15, 0.2) is 0 Å². The van der Waals surface area contributed by atoms with E-state index in [9.17, 15) is 9.59 Å². The van der Waals surface area contributed by atoms with E-state index in [1.165, 1.54) is 18.4 Å². The summed E-state index contributed by atoms with van der Waals surface area (Å²) in [5.41, 5.74) is 1.25. The third kappa shape index (κ3) is 3.58. The fraction of sp³-hybridized carbons (Fsp3) is 0.0909. The number of furan rings is 1. The lowest BCUT2D eigenvalue weighted by Crippen LogP contribution is -2.06. The standard InChI is InChI=1S/C22H16O7/c1-26-18-5-3-2-4-15(18)17-12-28-20-10-13(6-8-16(20)21(17)23)27-11-14-7-9-19(29-14)22(24)25/h2-10,12H,11H2,1H3,(H,24,25). The van der Waals surface area contributed by atoms with Crippen molar-refractivity contribution < 1.29 is 28.2 Å². The Labute approximate surface area is 164 Å². The monoisotopic (exact) mass is 392 g/mol. The molecule has 0 bridgehead atoms. The molecule has 0 saturated carbocycles. The van der Waals surface area contributed by atoms with E-state index in [0.717, 1.165) is 0 Å². The number of ether oxygens (including phenoxy) is 2. The van der Waals surface area contributed by atoms with Gasteiger partial charge in [-0.05, 0) is 30.3 Å². The van der Waals surface area contributed by atoms with Crippen LogP contribution in [0.2, 0.25) is 0 Å². The Morgan fingerprint density at radius 2 is 1.90 bits per heavy atom. The molecule has 2 aromatic heterocycles. The Kier molecular flexibility index (Phi) is 4.78. The first-order chi connectivity index (χ1) is 14.1. The lowest BCUT2D eigenvalue weighted by atomic mass is 10.0. The molecule has 4 rings (SSSR count). The quantitative estimate of drug-likeness (QED) is 0.521. The van der Waals surface area contributed by atoms with Crippen LogP contribution in [0, 0.1) is 0 Å². The molecule has 0 aliphatic heterocycles. The second-order valence-electron chi connectivity index (χ2n) is 6.20. The molecular formula is C22H16O7. The van der Waals surface area contributed by atoms with E-state index >= 15 is 0 Å². The lowest BCUT2D eigenvalue weighted by molar-refractivity contribution is 0.0658. The van der Waals surface area contributed by atoms with E-state index in [4.69, 9.17) is 23.4 Å². The summed E-state index contributed by atoms with van der Waals surface area (Å²) in [5, 5.41) is 9.29. The van der Waals surface area contributed by atoms with Crippen LogP contribution >= 0.6 is 0 Å². The van der Waals surface area contributed by atoms with Gasteiger partial charge >= 0.3 is 5.97 Å². The zero-order valence-electron chi connectivity index (χ0n) is 15.4. The first-order valence-corrected chi connectivity index (χ1v) is 8.70. The van der Waals surface area contributed by atoms with Crippen molar-refractivity contribution in [1.29, 1.82) is 0 Å². The maximum Gasteiger partial charge on any atom is 0.371 e. The van der Waals surface area contributed by atoms with Crippen molar-refractivity contribution in [3.8, 4) is 22.6 Å². The van der Waals surface area contributed by atoms with E-state index in [1.807, 2.05) is 12.1 Å². The summed E-state index contributed by atoms with van der Waals surface area (Å²) < 4.78 is 21.8.